The fraction of sp³-hybridized carbons (Fsp3) is 0.933. The average molecular weight is 283 g/mol. The van der Waals surface area contributed by atoms with E-state index in [2.05, 4.69) is 24.2 Å². The van der Waals surface area contributed by atoms with Gasteiger partial charge in [0, 0.05) is 19.1 Å². The molecule has 2 aliphatic rings. The van der Waals surface area contributed by atoms with E-state index >= 15 is 0 Å². The summed E-state index contributed by atoms with van der Waals surface area (Å²) in [6, 6.07) is 0.711. The summed E-state index contributed by atoms with van der Waals surface area (Å²) in [5, 5.41) is 0. The molecule has 1 heterocycles. The molecule has 2 rings (SSSR count). The maximum absolute atomic E-state index is 11.5. The van der Waals surface area contributed by atoms with Crippen molar-refractivity contribution in [3.63, 3.8) is 0 Å². The lowest BCUT2D eigenvalue weighted by molar-refractivity contribution is -0.132. The van der Waals surface area contributed by atoms with Crippen LogP contribution in [0, 0.1) is 5.92 Å². The van der Waals surface area contributed by atoms with Gasteiger partial charge in [-0.2, -0.15) is 0 Å². The predicted molar refractivity (Wildman–Crippen MR) is 78.9 cm³/mol. The first-order chi connectivity index (χ1) is 9.60. The molecule has 5 heteroatoms. The number of carbonyl (C=O) groups is 1. The van der Waals surface area contributed by atoms with Gasteiger partial charge in [-0.25, -0.2) is 5.84 Å². The van der Waals surface area contributed by atoms with Crippen LogP contribution in [0.5, 0.6) is 0 Å². The van der Waals surface area contributed by atoms with Gasteiger partial charge >= 0.3 is 0 Å². The third kappa shape index (κ3) is 4.17. The van der Waals surface area contributed by atoms with Crippen LogP contribution in [-0.2, 0) is 9.53 Å². The van der Waals surface area contributed by atoms with Crippen molar-refractivity contribution in [1.29, 1.82) is 0 Å². The zero-order chi connectivity index (χ0) is 14.5. The zero-order valence-electron chi connectivity index (χ0n) is 12.8. The normalized spacial score (nSPS) is 27.6. The van der Waals surface area contributed by atoms with Gasteiger partial charge in [0.1, 0.15) is 6.10 Å². The molecule has 116 valence electrons. The predicted octanol–water partition coefficient (Wildman–Crippen LogP) is 1.42. The van der Waals surface area contributed by atoms with Gasteiger partial charge in [0.25, 0.3) is 5.91 Å². The first kappa shape index (κ1) is 15.7. The lowest BCUT2D eigenvalue weighted by Gasteiger charge is -2.32. The third-order valence-corrected chi connectivity index (χ3v) is 4.42. The van der Waals surface area contributed by atoms with Crippen LogP contribution in [0.2, 0.25) is 0 Å². The topological polar surface area (TPSA) is 67.6 Å². The molecule has 2 fully saturated rings. The summed E-state index contributed by atoms with van der Waals surface area (Å²) in [4.78, 5) is 14.1. The van der Waals surface area contributed by atoms with Gasteiger partial charge in [-0.1, -0.05) is 26.7 Å². The van der Waals surface area contributed by atoms with E-state index < -0.39 is 0 Å². The maximum atomic E-state index is 11.5. The van der Waals surface area contributed by atoms with Gasteiger partial charge in [-0.3, -0.25) is 15.1 Å². The second-order valence-corrected chi connectivity index (χ2v) is 6.62. The monoisotopic (exact) mass is 283 g/mol. The summed E-state index contributed by atoms with van der Waals surface area (Å²) in [7, 11) is 0. The van der Waals surface area contributed by atoms with Gasteiger partial charge in [-0.15, -0.1) is 0 Å². The van der Waals surface area contributed by atoms with Crippen molar-refractivity contribution in [2.45, 2.75) is 70.6 Å². The van der Waals surface area contributed by atoms with E-state index in [1.54, 1.807) is 0 Å². The highest BCUT2D eigenvalue weighted by Gasteiger charge is 2.33. The largest absolute Gasteiger partial charge is 0.364 e. The highest BCUT2D eigenvalue weighted by atomic mass is 16.5. The van der Waals surface area contributed by atoms with Gasteiger partial charge in [0.2, 0.25) is 0 Å². The fourth-order valence-corrected chi connectivity index (χ4v) is 3.50. The number of hydrazine groups is 1. The van der Waals surface area contributed by atoms with Crippen molar-refractivity contribution < 1.29 is 9.53 Å². The van der Waals surface area contributed by atoms with Crippen molar-refractivity contribution in [2.24, 2.45) is 11.8 Å². The minimum atomic E-state index is -0.352. The summed E-state index contributed by atoms with van der Waals surface area (Å²) in [6.45, 7) is 6.61. The van der Waals surface area contributed by atoms with E-state index in [-0.39, 0.29) is 18.1 Å². The molecule has 5 nitrogen and oxygen atoms in total. The Morgan fingerprint density at radius 2 is 2.00 bits per heavy atom. The van der Waals surface area contributed by atoms with Crippen LogP contribution in [0.1, 0.15) is 52.4 Å². The molecule has 2 unspecified atom stereocenters. The average Bonchev–Trinajstić information content (AvgIpc) is 3.07. The number of nitrogens with two attached hydrogens (primary N) is 1. The molecule has 0 radical (unpaired) electrons. The van der Waals surface area contributed by atoms with Gasteiger partial charge in [0.15, 0.2) is 0 Å². The number of nitrogens with zero attached hydrogens (tertiary/aromatic N) is 1. The number of ether oxygens (including phenoxy) is 1. The van der Waals surface area contributed by atoms with E-state index in [0.29, 0.717) is 12.0 Å². The molecule has 1 saturated heterocycles. The van der Waals surface area contributed by atoms with Crippen molar-refractivity contribution in [2.75, 3.05) is 13.1 Å². The summed E-state index contributed by atoms with van der Waals surface area (Å²) in [5.74, 6) is 5.65. The van der Waals surface area contributed by atoms with Crippen LogP contribution >= 0.6 is 0 Å². The summed E-state index contributed by atoms with van der Waals surface area (Å²) < 4.78 is 5.85. The molecular weight excluding hydrogens is 254 g/mol. The molecule has 1 aliphatic heterocycles. The SMILES string of the molecule is CC(C)CN(CC1CCC(C(=O)NN)O1)C1CCCC1. The molecule has 0 spiro atoms. The second-order valence-electron chi connectivity index (χ2n) is 6.62. The molecular formula is C15H29N3O2. The van der Waals surface area contributed by atoms with Gasteiger partial charge < -0.3 is 4.74 Å². The quantitative estimate of drug-likeness (QED) is 0.439. The number of rotatable bonds is 6. The Morgan fingerprint density at radius 1 is 1.30 bits per heavy atom. The molecule has 2 atom stereocenters. The molecule has 20 heavy (non-hydrogen) atoms. The number of hydrogen-bond acceptors (Lipinski definition) is 4. The Morgan fingerprint density at radius 3 is 2.60 bits per heavy atom. The van der Waals surface area contributed by atoms with Gasteiger partial charge in [-0.05, 0) is 31.6 Å². The van der Waals surface area contributed by atoms with Crippen molar-refractivity contribution in [3.8, 4) is 0 Å². The standard InChI is InChI=1S/C15H29N3O2/c1-11(2)9-18(12-5-3-4-6-12)10-13-7-8-14(20-13)15(19)17-16/h11-14H,3-10,16H2,1-2H3,(H,17,19). The number of hydrogen-bond donors (Lipinski definition) is 2. The first-order valence-corrected chi connectivity index (χ1v) is 8.00. The highest BCUT2D eigenvalue weighted by Crippen LogP contribution is 2.27. The van der Waals surface area contributed by atoms with Crippen LogP contribution < -0.4 is 11.3 Å². The van der Waals surface area contributed by atoms with Crippen molar-refractivity contribution >= 4 is 5.91 Å². The molecule has 0 aromatic heterocycles. The number of carbonyl (C=O) groups excluding carboxylic acids is 1. The van der Waals surface area contributed by atoms with E-state index in [4.69, 9.17) is 10.6 Å². The smallest absolute Gasteiger partial charge is 0.263 e. The van der Waals surface area contributed by atoms with Crippen molar-refractivity contribution in [3.05, 3.63) is 0 Å². The minimum absolute atomic E-state index is 0.177. The summed E-state index contributed by atoms with van der Waals surface area (Å²) in [5.41, 5.74) is 2.19. The molecule has 1 saturated carbocycles. The molecule has 1 amide bonds. The Balaban J connectivity index is 1.86. The second kappa shape index (κ2) is 7.38. The van der Waals surface area contributed by atoms with E-state index in [1.165, 1.54) is 25.7 Å². The Bertz CT molecular complexity index is 316. The Hall–Kier alpha value is -0.650. The Kier molecular flexibility index (Phi) is 5.81. The zero-order valence-corrected chi connectivity index (χ0v) is 12.8. The summed E-state index contributed by atoms with van der Waals surface area (Å²) >= 11 is 0. The molecule has 3 N–H and O–H groups in total. The maximum Gasteiger partial charge on any atom is 0.263 e. The van der Waals surface area contributed by atoms with Crippen LogP contribution in [0.4, 0.5) is 0 Å². The highest BCUT2D eigenvalue weighted by molar-refractivity contribution is 5.80. The molecule has 0 aromatic rings. The molecule has 0 aromatic carbocycles. The fourth-order valence-electron chi connectivity index (χ4n) is 3.50. The first-order valence-electron chi connectivity index (χ1n) is 8.00. The lowest BCUT2D eigenvalue weighted by atomic mass is 10.1. The molecule has 0 bridgehead atoms. The number of amides is 1. The van der Waals surface area contributed by atoms with E-state index in [0.717, 1.165) is 25.9 Å². The van der Waals surface area contributed by atoms with Gasteiger partial charge in [0.05, 0.1) is 6.10 Å². The van der Waals surface area contributed by atoms with E-state index in [1.807, 2.05) is 0 Å². The van der Waals surface area contributed by atoms with Crippen LogP contribution in [0.25, 0.3) is 0 Å². The van der Waals surface area contributed by atoms with Crippen LogP contribution in [-0.4, -0.2) is 42.1 Å². The minimum Gasteiger partial charge on any atom is -0.364 e. The van der Waals surface area contributed by atoms with Crippen molar-refractivity contribution in [1.82, 2.24) is 10.3 Å². The van der Waals surface area contributed by atoms with E-state index in [9.17, 15) is 4.79 Å². The Labute approximate surface area is 122 Å². The lowest BCUT2D eigenvalue weighted by Crippen LogP contribution is -2.43. The molecule has 1 aliphatic carbocycles. The summed E-state index contributed by atoms with van der Waals surface area (Å²) in [6.07, 6.45) is 6.89. The third-order valence-electron chi connectivity index (χ3n) is 4.42. The number of nitrogens with one attached hydrogen (secondary N) is 1. The van der Waals surface area contributed by atoms with Crippen LogP contribution in [0.3, 0.4) is 0 Å². The van der Waals surface area contributed by atoms with Crippen LogP contribution in [0.15, 0.2) is 0 Å².